The van der Waals surface area contributed by atoms with Gasteiger partial charge in [0.2, 0.25) is 0 Å². The zero-order chi connectivity index (χ0) is 21.1. The van der Waals surface area contributed by atoms with Gasteiger partial charge in [0.25, 0.3) is 0 Å². The first-order valence-electron chi connectivity index (χ1n) is 9.48. The first-order chi connectivity index (χ1) is 14.5. The average Bonchev–Trinajstić information content (AvgIpc) is 3.10. The van der Waals surface area contributed by atoms with E-state index in [9.17, 15) is 4.79 Å². The molecule has 0 amide bonds. The van der Waals surface area contributed by atoms with Crippen molar-refractivity contribution < 1.29 is 9.15 Å². The summed E-state index contributed by atoms with van der Waals surface area (Å²) in [5.74, 6) is 2.00. The van der Waals surface area contributed by atoms with Crippen molar-refractivity contribution in [2.45, 2.75) is 30.9 Å². The summed E-state index contributed by atoms with van der Waals surface area (Å²) in [6.07, 6.45) is 0.887. The fourth-order valence-electron chi connectivity index (χ4n) is 3.03. The molecule has 0 fully saturated rings. The molecule has 0 aliphatic carbocycles. The van der Waals surface area contributed by atoms with E-state index in [0.717, 1.165) is 28.1 Å². The molecular weight excluding hydrogens is 422 g/mol. The summed E-state index contributed by atoms with van der Waals surface area (Å²) >= 11 is 7.41. The summed E-state index contributed by atoms with van der Waals surface area (Å²) in [5.41, 5.74) is 2.32. The van der Waals surface area contributed by atoms with E-state index in [4.69, 9.17) is 20.8 Å². The molecule has 0 bridgehead atoms. The Morgan fingerprint density at radius 1 is 1.13 bits per heavy atom. The molecule has 8 heteroatoms. The summed E-state index contributed by atoms with van der Waals surface area (Å²) in [6.45, 7) is 2.37. The van der Waals surface area contributed by atoms with Crippen molar-refractivity contribution in [3.05, 3.63) is 80.9 Å². The van der Waals surface area contributed by atoms with Crippen LogP contribution in [0.3, 0.4) is 0 Å². The van der Waals surface area contributed by atoms with Crippen molar-refractivity contribution in [2.24, 2.45) is 7.05 Å². The minimum atomic E-state index is -0.346. The topological polar surface area (TPSA) is 70.2 Å². The van der Waals surface area contributed by atoms with E-state index in [1.807, 2.05) is 35.9 Å². The highest BCUT2D eigenvalue weighted by molar-refractivity contribution is 7.98. The van der Waals surface area contributed by atoms with Crippen LogP contribution in [0.15, 0.2) is 62.9 Å². The van der Waals surface area contributed by atoms with Gasteiger partial charge in [0, 0.05) is 29.3 Å². The van der Waals surface area contributed by atoms with Crippen molar-refractivity contribution in [2.75, 3.05) is 0 Å². The number of hydrogen-bond acceptors (Lipinski definition) is 6. The van der Waals surface area contributed by atoms with Gasteiger partial charge in [-0.15, -0.1) is 10.2 Å². The van der Waals surface area contributed by atoms with Crippen molar-refractivity contribution >= 4 is 34.3 Å². The molecule has 30 heavy (non-hydrogen) atoms. The Hall–Kier alpha value is -2.77. The van der Waals surface area contributed by atoms with Crippen LogP contribution in [0.2, 0.25) is 5.02 Å². The SMILES string of the molecule is CCc1ccc2c(CSc3nnc(COc4ccc(Cl)cc4)n3C)cc(=O)oc2c1. The van der Waals surface area contributed by atoms with E-state index < -0.39 is 0 Å². The second-order valence-corrected chi connectivity index (χ2v) is 8.14. The maximum absolute atomic E-state index is 12.0. The first kappa shape index (κ1) is 20.5. The van der Waals surface area contributed by atoms with Gasteiger partial charge in [0.05, 0.1) is 0 Å². The van der Waals surface area contributed by atoms with Crippen LogP contribution < -0.4 is 10.4 Å². The number of nitrogens with zero attached hydrogens (tertiary/aromatic N) is 3. The molecule has 0 saturated carbocycles. The number of ether oxygens (including phenoxy) is 1. The van der Waals surface area contributed by atoms with E-state index in [0.29, 0.717) is 34.5 Å². The van der Waals surface area contributed by atoms with Gasteiger partial charge in [0.15, 0.2) is 11.0 Å². The van der Waals surface area contributed by atoms with Crippen LogP contribution in [0.25, 0.3) is 11.0 Å². The molecule has 0 radical (unpaired) electrons. The number of benzene rings is 2. The van der Waals surface area contributed by atoms with Crippen LogP contribution in [0, 0.1) is 0 Å². The van der Waals surface area contributed by atoms with Crippen molar-refractivity contribution in [1.29, 1.82) is 0 Å². The fourth-order valence-corrected chi connectivity index (χ4v) is 4.08. The molecule has 0 saturated heterocycles. The van der Waals surface area contributed by atoms with Crippen molar-refractivity contribution in [3.63, 3.8) is 0 Å². The molecule has 0 aliphatic rings. The maximum Gasteiger partial charge on any atom is 0.336 e. The third-order valence-corrected chi connectivity index (χ3v) is 6.09. The number of rotatable bonds is 7. The smallest absolute Gasteiger partial charge is 0.336 e. The highest BCUT2D eigenvalue weighted by atomic mass is 35.5. The number of hydrogen-bond donors (Lipinski definition) is 0. The lowest BCUT2D eigenvalue weighted by atomic mass is 10.1. The van der Waals surface area contributed by atoms with Crippen molar-refractivity contribution in [3.8, 4) is 5.75 Å². The van der Waals surface area contributed by atoms with Crippen LogP contribution in [-0.4, -0.2) is 14.8 Å². The monoisotopic (exact) mass is 441 g/mol. The number of aryl methyl sites for hydroxylation is 1. The Morgan fingerprint density at radius 3 is 2.70 bits per heavy atom. The van der Waals surface area contributed by atoms with E-state index >= 15 is 0 Å². The van der Waals surface area contributed by atoms with Gasteiger partial charge in [-0.25, -0.2) is 4.79 Å². The molecule has 0 spiro atoms. The summed E-state index contributed by atoms with van der Waals surface area (Å²) < 4.78 is 13.0. The normalized spacial score (nSPS) is 11.2. The van der Waals surface area contributed by atoms with Gasteiger partial charge >= 0.3 is 5.63 Å². The highest BCUT2D eigenvalue weighted by Gasteiger charge is 2.12. The Morgan fingerprint density at radius 2 is 1.93 bits per heavy atom. The van der Waals surface area contributed by atoms with Gasteiger partial charge in [-0.05, 0) is 47.9 Å². The largest absolute Gasteiger partial charge is 0.486 e. The zero-order valence-corrected chi connectivity index (χ0v) is 18.2. The van der Waals surface area contributed by atoms with Gasteiger partial charge in [-0.3, -0.25) is 0 Å². The summed E-state index contributed by atoms with van der Waals surface area (Å²) in [4.78, 5) is 12.0. The Kier molecular flexibility index (Phi) is 6.11. The summed E-state index contributed by atoms with van der Waals surface area (Å²) in [5, 5.41) is 10.8. The zero-order valence-electron chi connectivity index (χ0n) is 16.6. The highest BCUT2D eigenvalue weighted by Crippen LogP contribution is 2.26. The standard InChI is InChI=1S/C22H20ClN3O3S/c1-3-14-4-9-18-15(11-21(27)29-19(18)10-14)13-30-22-25-24-20(26(22)2)12-28-17-7-5-16(23)6-8-17/h4-11H,3,12-13H2,1-2H3. The molecule has 6 nitrogen and oxygen atoms in total. The van der Waals surface area contributed by atoms with Crippen LogP contribution in [0.4, 0.5) is 0 Å². The lowest BCUT2D eigenvalue weighted by Crippen LogP contribution is -2.04. The molecule has 0 atom stereocenters. The molecular formula is C22H20ClN3O3S. The molecule has 0 aliphatic heterocycles. The van der Waals surface area contributed by atoms with E-state index in [-0.39, 0.29) is 5.63 Å². The van der Waals surface area contributed by atoms with Gasteiger partial charge in [-0.1, -0.05) is 42.4 Å². The fraction of sp³-hybridized carbons (Fsp3) is 0.227. The average molecular weight is 442 g/mol. The predicted molar refractivity (Wildman–Crippen MR) is 118 cm³/mol. The Labute approximate surface area is 182 Å². The molecule has 2 heterocycles. The Bertz CT molecular complexity index is 1230. The molecule has 2 aromatic carbocycles. The third kappa shape index (κ3) is 4.52. The van der Waals surface area contributed by atoms with E-state index in [1.165, 1.54) is 11.8 Å². The second kappa shape index (κ2) is 8.93. The van der Waals surface area contributed by atoms with Gasteiger partial charge < -0.3 is 13.7 Å². The molecule has 0 N–H and O–H groups in total. The predicted octanol–water partition coefficient (Wildman–Crippen LogP) is 5.01. The third-order valence-electron chi connectivity index (χ3n) is 4.77. The molecule has 0 unspecified atom stereocenters. The molecule has 4 aromatic rings. The molecule has 2 aromatic heterocycles. The minimum absolute atomic E-state index is 0.295. The minimum Gasteiger partial charge on any atom is -0.486 e. The lowest BCUT2D eigenvalue weighted by molar-refractivity contribution is 0.290. The van der Waals surface area contributed by atoms with Crippen molar-refractivity contribution in [1.82, 2.24) is 14.8 Å². The van der Waals surface area contributed by atoms with Crippen LogP contribution in [0.5, 0.6) is 5.75 Å². The van der Waals surface area contributed by atoms with Crippen LogP contribution >= 0.6 is 23.4 Å². The Balaban J connectivity index is 1.48. The van der Waals surface area contributed by atoms with Crippen LogP contribution in [-0.2, 0) is 25.8 Å². The summed E-state index contributed by atoms with van der Waals surface area (Å²) in [7, 11) is 1.90. The van der Waals surface area contributed by atoms with Crippen LogP contribution in [0.1, 0.15) is 23.9 Å². The first-order valence-corrected chi connectivity index (χ1v) is 10.8. The second-order valence-electron chi connectivity index (χ2n) is 6.76. The van der Waals surface area contributed by atoms with Gasteiger partial charge in [-0.2, -0.15) is 0 Å². The quantitative estimate of drug-likeness (QED) is 0.296. The van der Waals surface area contributed by atoms with E-state index in [1.54, 1.807) is 18.2 Å². The lowest BCUT2D eigenvalue weighted by Gasteiger charge is -2.08. The van der Waals surface area contributed by atoms with Gasteiger partial charge in [0.1, 0.15) is 17.9 Å². The number of halogens is 1. The number of thioether (sulfide) groups is 1. The maximum atomic E-state index is 12.0. The number of fused-ring (bicyclic) bond motifs is 1. The van der Waals surface area contributed by atoms with E-state index in [2.05, 4.69) is 23.2 Å². The summed E-state index contributed by atoms with van der Waals surface area (Å²) in [6, 6.07) is 14.7. The molecule has 154 valence electrons. The molecule has 4 rings (SSSR count). The number of aromatic nitrogens is 3.